The number of hydrogen-bond acceptors (Lipinski definition) is 5. The van der Waals surface area contributed by atoms with E-state index in [1.807, 2.05) is 31.2 Å². The number of rotatable bonds is 10. The zero-order valence-corrected chi connectivity index (χ0v) is 20.7. The van der Waals surface area contributed by atoms with Crippen LogP contribution in [0.4, 0.5) is 5.69 Å². The van der Waals surface area contributed by atoms with Gasteiger partial charge in [-0.2, -0.15) is 5.10 Å². The van der Waals surface area contributed by atoms with E-state index in [2.05, 4.69) is 31.8 Å². The SMILES string of the molecule is CCOc1cc(C=NNC(=O)CC(=O)Nc2ccccc2)cc(Br)c1OCc1ccccc1Cl. The van der Waals surface area contributed by atoms with Crippen LogP contribution in [0.25, 0.3) is 0 Å². The van der Waals surface area contributed by atoms with Crippen LogP contribution in [0.15, 0.2) is 76.3 Å². The van der Waals surface area contributed by atoms with E-state index < -0.39 is 11.8 Å². The summed E-state index contributed by atoms with van der Waals surface area (Å²) in [5.74, 6) is 0.0771. The minimum Gasteiger partial charge on any atom is -0.490 e. The minimum absolute atomic E-state index is 0.271. The number of ether oxygens (including phenoxy) is 2. The van der Waals surface area contributed by atoms with Crippen molar-refractivity contribution < 1.29 is 19.1 Å². The minimum atomic E-state index is -0.534. The summed E-state index contributed by atoms with van der Waals surface area (Å²) in [4.78, 5) is 24.0. The lowest BCUT2D eigenvalue weighted by atomic mass is 10.2. The van der Waals surface area contributed by atoms with Gasteiger partial charge in [-0.1, -0.05) is 48.0 Å². The Morgan fingerprint density at radius 1 is 1.03 bits per heavy atom. The number of nitrogens with one attached hydrogen (secondary N) is 2. The van der Waals surface area contributed by atoms with Crippen LogP contribution in [0.2, 0.25) is 5.02 Å². The standard InChI is InChI=1S/C25H23BrClN3O4/c1-2-33-22-13-17(12-20(26)25(22)34-16-18-8-6-7-11-21(18)27)15-28-30-24(32)14-23(31)29-19-9-4-3-5-10-19/h3-13,15H,2,14,16H2,1H3,(H,29,31)(H,30,32). The molecule has 3 aromatic rings. The number of hydrogen-bond donors (Lipinski definition) is 2. The lowest BCUT2D eigenvalue weighted by Gasteiger charge is -2.15. The van der Waals surface area contributed by atoms with Crippen molar-refractivity contribution in [2.24, 2.45) is 5.10 Å². The first-order valence-corrected chi connectivity index (χ1v) is 11.6. The Balaban J connectivity index is 1.61. The maximum Gasteiger partial charge on any atom is 0.249 e. The third-order valence-electron chi connectivity index (χ3n) is 4.44. The molecule has 34 heavy (non-hydrogen) atoms. The van der Waals surface area contributed by atoms with Gasteiger partial charge < -0.3 is 14.8 Å². The second kappa shape index (κ2) is 12.8. The predicted octanol–water partition coefficient (Wildman–Crippen LogP) is 5.56. The molecule has 9 heteroatoms. The van der Waals surface area contributed by atoms with Gasteiger partial charge in [0.2, 0.25) is 11.8 Å². The Morgan fingerprint density at radius 3 is 2.50 bits per heavy atom. The Hall–Kier alpha value is -3.36. The molecule has 3 rings (SSSR count). The molecule has 176 valence electrons. The van der Waals surface area contributed by atoms with E-state index in [0.717, 1.165) is 5.56 Å². The molecule has 0 fully saturated rings. The number of amides is 2. The smallest absolute Gasteiger partial charge is 0.249 e. The molecule has 0 aliphatic heterocycles. The van der Waals surface area contributed by atoms with Crippen LogP contribution < -0.4 is 20.2 Å². The van der Waals surface area contributed by atoms with Gasteiger partial charge in [-0.15, -0.1) is 0 Å². The molecule has 0 aromatic heterocycles. The van der Waals surface area contributed by atoms with Crippen molar-refractivity contribution in [3.05, 3.63) is 87.4 Å². The first-order chi connectivity index (χ1) is 16.5. The molecule has 0 aliphatic carbocycles. The van der Waals surface area contributed by atoms with Crippen LogP contribution in [-0.2, 0) is 16.2 Å². The fourth-order valence-corrected chi connectivity index (χ4v) is 3.69. The zero-order valence-electron chi connectivity index (χ0n) is 18.4. The van der Waals surface area contributed by atoms with Gasteiger partial charge in [-0.25, -0.2) is 5.43 Å². The highest BCUT2D eigenvalue weighted by Crippen LogP contribution is 2.37. The lowest BCUT2D eigenvalue weighted by molar-refractivity contribution is -0.126. The molecule has 2 N–H and O–H groups in total. The van der Waals surface area contributed by atoms with Gasteiger partial charge in [-0.3, -0.25) is 9.59 Å². The van der Waals surface area contributed by atoms with Gasteiger partial charge in [0.15, 0.2) is 11.5 Å². The Kier molecular flexibility index (Phi) is 9.49. The van der Waals surface area contributed by atoms with Gasteiger partial charge in [0.1, 0.15) is 13.0 Å². The molecule has 0 atom stereocenters. The van der Waals surface area contributed by atoms with Crippen molar-refractivity contribution in [1.82, 2.24) is 5.43 Å². The Labute approximate surface area is 211 Å². The summed E-state index contributed by atoms with van der Waals surface area (Å²) in [7, 11) is 0. The molecule has 0 spiro atoms. The quantitative estimate of drug-likeness (QED) is 0.199. The molecule has 0 radical (unpaired) electrons. The lowest BCUT2D eigenvalue weighted by Crippen LogP contribution is -2.24. The maximum absolute atomic E-state index is 12.0. The summed E-state index contributed by atoms with van der Waals surface area (Å²) < 4.78 is 12.3. The summed E-state index contributed by atoms with van der Waals surface area (Å²) in [5.41, 5.74) is 4.48. The van der Waals surface area contributed by atoms with Crippen molar-refractivity contribution in [2.75, 3.05) is 11.9 Å². The van der Waals surface area contributed by atoms with Crippen LogP contribution in [0.1, 0.15) is 24.5 Å². The predicted molar refractivity (Wildman–Crippen MR) is 137 cm³/mol. The summed E-state index contributed by atoms with van der Waals surface area (Å²) in [6, 6.07) is 19.9. The second-order valence-corrected chi connectivity index (χ2v) is 8.29. The van der Waals surface area contributed by atoms with E-state index >= 15 is 0 Å². The van der Waals surface area contributed by atoms with E-state index in [1.165, 1.54) is 6.21 Å². The molecule has 0 saturated carbocycles. The number of carbonyl (C=O) groups excluding carboxylic acids is 2. The van der Waals surface area contributed by atoms with Crippen molar-refractivity contribution in [2.45, 2.75) is 20.0 Å². The average molecular weight is 545 g/mol. The summed E-state index contributed by atoms with van der Waals surface area (Å²) in [6.07, 6.45) is 1.10. The largest absolute Gasteiger partial charge is 0.490 e. The van der Waals surface area contributed by atoms with Crippen LogP contribution in [-0.4, -0.2) is 24.6 Å². The van der Waals surface area contributed by atoms with Gasteiger partial charge in [-0.05, 0) is 58.7 Å². The highest BCUT2D eigenvalue weighted by Gasteiger charge is 2.13. The number of para-hydroxylation sites is 1. The third kappa shape index (κ3) is 7.60. The van der Waals surface area contributed by atoms with Crippen molar-refractivity contribution in [3.8, 4) is 11.5 Å². The van der Waals surface area contributed by atoms with E-state index in [4.69, 9.17) is 21.1 Å². The number of nitrogens with zero attached hydrogens (tertiary/aromatic N) is 1. The second-order valence-electron chi connectivity index (χ2n) is 7.03. The molecule has 0 heterocycles. The molecule has 0 unspecified atom stereocenters. The Bertz CT molecular complexity index is 1170. The fraction of sp³-hybridized carbons (Fsp3) is 0.160. The number of carbonyl (C=O) groups is 2. The summed E-state index contributed by atoms with van der Waals surface area (Å²) in [5, 5.41) is 7.21. The van der Waals surface area contributed by atoms with Crippen LogP contribution in [0.3, 0.4) is 0 Å². The number of anilines is 1. The molecule has 2 amide bonds. The number of benzene rings is 3. The highest BCUT2D eigenvalue weighted by atomic mass is 79.9. The molecular formula is C25H23BrClN3O4. The molecular weight excluding hydrogens is 522 g/mol. The first kappa shape index (κ1) is 25.3. The highest BCUT2D eigenvalue weighted by molar-refractivity contribution is 9.10. The van der Waals surface area contributed by atoms with Crippen molar-refractivity contribution >= 4 is 51.2 Å². The van der Waals surface area contributed by atoms with Crippen molar-refractivity contribution in [3.63, 3.8) is 0 Å². The van der Waals surface area contributed by atoms with E-state index in [0.29, 0.717) is 38.9 Å². The number of hydrazone groups is 1. The van der Waals surface area contributed by atoms with Crippen LogP contribution >= 0.6 is 27.5 Å². The molecule has 7 nitrogen and oxygen atoms in total. The van der Waals surface area contributed by atoms with Gasteiger partial charge in [0, 0.05) is 16.3 Å². The monoisotopic (exact) mass is 543 g/mol. The third-order valence-corrected chi connectivity index (χ3v) is 5.40. The molecule has 0 saturated heterocycles. The van der Waals surface area contributed by atoms with Gasteiger partial charge >= 0.3 is 0 Å². The summed E-state index contributed by atoms with van der Waals surface area (Å²) >= 11 is 9.72. The fourth-order valence-electron chi connectivity index (χ4n) is 2.92. The average Bonchev–Trinajstić information content (AvgIpc) is 2.80. The van der Waals surface area contributed by atoms with Crippen LogP contribution in [0, 0.1) is 0 Å². The zero-order chi connectivity index (χ0) is 24.3. The van der Waals surface area contributed by atoms with Gasteiger partial charge in [0.25, 0.3) is 0 Å². The van der Waals surface area contributed by atoms with Crippen molar-refractivity contribution in [1.29, 1.82) is 0 Å². The maximum atomic E-state index is 12.0. The van der Waals surface area contributed by atoms with Crippen LogP contribution in [0.5, 0.6) is 11.5 Å². The first-order valence-electron chi connectivity index (χ1n) is 10.5. The van der Waals surface area contributed by atoms with E-state index in [9.17, 15) is 9.59 Å². The Morgan fingerprint density at radius 2 is 1.76 bits per heavy atom. The summed E-state index contributed by atoms with van der Waals surface area (Å²) in [6.45, 7) is 2.57. The van der Waals surface area contributed by atoms with Gasteiger partial charge in [0.05, 0.1) is 17.3 Å². The van der Waals surface area contributed by atoms with E-state index in [1.54, 1.807) is 42.5 Å². The number of halogens is 2. The van der Waals surface area contributed by atoms with E-state index in [-0.39, 0.29) is 13.0 Å². The molecule has 3 aromatic carbocycles. The molecule has 0 aliphatic rings. The topological polar surface area (TPSA) is 89.0 Å². The molecule has 0 bridgehead atoms. The normalized spacial score (nSPS) is 10.7.